The third-order valence-electron chi connectivity index (χ3n) is 3.63. The first kappa shape index (κ1) is 15.3. The number of amides is 1. The number of carbonyl (C=O) groups excluding carboxylic acids is 1. The van der Waals surface area contributed by atoms with Crippen LogP contribution in [0.5, 0.6) is 0 Å². The maximum Gasteiger partial charge on any atom is 0.410 e. The normalized spacial score (nSPS) is 17.2. The Balaban J connectivity index is 1.89. The maximum absolute atomic E-state index is 12.2. The van der Waals surface area contributed by atoms with Crippen LogP contribution in [0.25, 0.3) is 5.57 Å². The molecule has 0 N–H and O–H groups in total. The molecule has 22 heavy (non-hydrogen) atoms. The Hall–Kier alpha value is -1.62. The van der Waals surface area contributed by atoms with Gasteiger partial charge in [0.1, 0.15) is 5.60 Å². The van der Waals surface area contributed by atoms with E-state index < -0.39 is 5.60 Å². The molecule has 0 unspecified atom stereocenters. The molecule has 0 radical (unpaired) electrons. The number of fused-ring (bicyclic) bond motifs is 2. The van der Waals surface area contributed by atoms with Crippen LogP contribution in [-0.4, -0.2) is 29.7 Å². The van der Waals surface area contributed by atoms with Crippen molar-refractivity contribution in [1.82, 2.24) is 4.90 Å². The number of ether oxygens (including phenoxy) is 1. The highest BCUT2D eigenvalue weighted by molar-refractivity contribution is 9.10. The number of hydrogen-bond acceptors (Lipinski definition) is 3. The fraction of sp³-hybridized carbons (Fsp3) is 0.412. The monoisotopic (exact) mass is 362 g/mol. The van der Waals surface area contributed by atoms with Crippen molar-refractivity contribution in [3.8, 4) is 0 Å². The average Bonchev–Trinajstić information content (AvgIpc) is 2.63. The number of nitrogens with zero attached hydrogens (tertiary/aromatic N) is 2. The van der Waals surface area contributed by atoms with Gasteiger partial charge in [-0.25, -0.2) is 9.79 Å². The van der Waals surface area contributed by atoms with Gasteiger partial charge >= 0.3 is 6.09 Å². The third-order valence-corrected chi connectivity index (χ3v) is 4.29. The SMILES string of the molecule is CC(C)(C)OC(=O)N1CC=C2N=c3cccc(Br)c3=C2CC1. The molecule has 0 aromatic heterocycles. The number of allylic oxidation sites excluding steroid dienone is 1. The van der Waals surface area contributed by atoms with Gasteiger partial charge in [-0.05, 0) is 51.0 Å². The largest absolute Gasteiger partial charge is 0.444 e. The molecule has 4 nitrogen and oxygen atoms in total. The summed E-state index contributed by atoms with van der Waals surface area (Å²) in [6.07, 6.45) is 2.53. The van der Waals surface area contributed by atoms with Crippen molar-refractivity contribution in [1.29, 1.82) is 0 Å². The Morgan fingerprint density at radius 2 is 2.14 bits per heavy atom. The molecule has 1 aromatic carbocycles. The summed E-state index contributed by atoms with van der Waals surface area (Å²) in [5, 5.41) is 2.15. The van der Waals surface area contributed by atoms with Crippen LogP contribution in [0, 0.1) is 0 Å². The molecule has 0 spiro atoms. The van der Waals surface area contributed by atoms with Gasteiger partial charge in [-0.2, -0.15) is 0 Å². The minimum atomic E-state index is -0.473. The van der Waals surface area contributed by atoms with E-state index in [1.165, 1.54) is 5.57 Å². The van der Waals surface area contributed by atoms with Crippen LogP contribution in [0.1, 0.15) is 27.2 Å². The number of halogens is 1. The lowest BCUT2D eigenvalue weighted by Gasteiger charge is -2.25. The van der Waals surface area contributed by atoms with E-state index >= 15 is 0 Å². The molecule has 0 saturated carbocycles. The Morgan fingerprint density at radius 3 is 2.86 bits per heavy atom. The highest BCUT2D eigenvalue weighted by atomic mass is 79.9. The molecule has 2 heterocycles. The van der Waals surface area contributed by atoms with Crippen LogP contribution >= 0.6 is 15.9 Å². The maximum atomic E-state index is 12.2. The topological polar surface area (TPSA) is 41.9 Å². The fourth-order valence-electron chi connectivity index (χ4n) is 2.68. The van der Waals surface area contributed by atoms with Gasteiger partial charge in [0.05, 0.1) is 11.1 Å². The van der Waals surface area contributed by atoms with Gasteiger partial charge in [-0.3, -0.25) is 0 Å². The summed E-state index contributed by atoms with van der Waals surface area (Å²) in [6.45, 7) is 6.82. The van der Waals surface area contributed by atoms with Crippen LogP contribution < -0.4 is 10.6 Å². The lowest BCUT2D eigenvalue weighted by molar-refractivity contribution is 0.0277. The molecule has 2 aliphatic heterocycles. The minimum absolute atomic E-state index is 0.266. The molecule has 0 fully saturated rings. The van der Waals surface area contributed by atoms with Crippen molar-refractivity contribution in [2.45, 2.75) is 32.8 Å². The van der Waals surface area contributed by atoms with Gasteiger partial charge in [-0.1, -0.05) is 22.0 Å². The Bertz CT molecular complexity index is 775. The van der Waals surface area contributed by atoms with E-state index in [1.54, 1.807) is 4.90 Å². The number of rotatable bonds is 0. The van der Waals surface area contributed by atoms with Crippen LogP contribution in [0.3, 0.4) is 0 Å². The van der Waals surface area contributed by atoms with Crippen molar-refractivity contribution in [2.75, 3.05) is 13.1 Å². The molecule has 0 aliphatic carbocycles. The van der Waals surface area contributed by atoms with Gasteiger partial charge in [0.15, 0.2) is 0 Å². The molecule has 5 heteroatoms. The number of hydrogen-bond donors (Lipinski definition) is 0. The summed E-state index contributed by atoms with van der Waals surface area (Å²) in [6, 6.07) is 6.04. The first-order valence-corrected chi connectivity index (χ1v) is 8.19. The standard InChI is InChI=1S/C17H19BrN2O2/c1-17(2,3)22-16(21)20-9-7-11-13(8-10-20)19-14-6-4-5-12(18)15(11)14/h4-6,8H,7,9-10H2,1-3H3. The molecular formula is C17H19BrN2O2. The molecule has 1 amide bonds. The van der Waals surface area contributed by atoms with Gasteiger partial charge in [0.2, 0.25) is 0 Å². The van der Waals surface area contributed by atoms with Crippen molar-refractivity contribution in [3.63, 3.8) is 0 Å². The molecule has 1 aromatic rings. The summed E-state index contributed by atoms with van der Waals surface area (Å²) < 4.78 is 6.51. The van der Waals surface area contributed by atoms with Crippen molar-refractivity contribution in [2.24, 2.45) is 4.99 Å². The Morgan fingerprint density at radius 1 is 1.36 bits per heavy atom. The zero-order valence-electron chi connectivity index (χ0n) is 13.0. The lowest BCUT2D eigenvalue weighted by Crippen LogP contribution is -2.37. The predicted octanol–water partition coefficient (Wildman–Crippen LogP) is 2.76. The van der Waals surface area contributed by atoms with Crippen molar-refractivity contribution < 1.29 is 9.53 Å². The van der Waals surface area contributed by atoms with Gasteiger partial charge in [-0.15, -0.1) is 0 Å². The fourth-order valence-corrected chi connectivity index (χ4v) is 3.27. The van der Waals surface area contributed by atoms with Crippen LogP contribution in [0.15, 0.2) is 39.4 Å². The zero-order chi connectivity index (χ0) is 15.9. The highest BCUT2D eigenvalue weighted by Gasteiger charge is 2.25. The summed E-state index contributed by atoms with van der Waals surface area (Å²) in [4.78, 5) is 18.6. The molecule has 116 valence electrons. The Labute approximate surface area is 138 Å². The number of benzene rings is 1. The van der Waals surface area contributed by atoms with E-state index in [2.05, 4.69) is 20.9 Å². The van der Waals surface area contributed by atoms with Crippen LogP contribution in [-0.2, 0) is 4.74 Å². The minimum Gasteiger partial charge on any atom is -0.444 e. The molecule has 0 saturated heterocycles. The molecular weight excluding hydrogens is 344 g/mol. The Kier molecular flexibility index (Phi) is 3.85. The highest BCUT2D eigenvalue weighted by Crippen LogP contribution is 2.23. The van der Waals surface area contributed by atoms with E-state index in [9.17, 15) is 4.79 Å². The molecule has 0 atom stereocenters. The van der Waals surface area contributed by atoms with Gasteiger partial charge < -0.3 is 9.64 Å². The second-order valence-electron chi connectivity index (χ2n) is 6.49. The third kappa shape index (κ3) is 2.95. The second kappa shape index (κ2) is 5.54. The van der Waals surface area contributed by atoms with E-state index in [4.69, 9.17) is 4.74 Å². The number of carbonyl (C=O) groups is 1. The summed E-state index contributed by atoms with van der Waals surface area (Å²) in [7, 11) is 0. The van der Waals surface area contributed by atoms with E-state index in [-0.39, 0.29) is 6.09 Å². The average molecular weight is 363 g/mol. The summed E-state index contributed by atoms with van der Waals surface area (Å²) in [5.41, 5.74) is 1.71. The first-order chi connectivity index (χ1) is 10.3. The second-order valence-corrected chi connectivity index (χ2v) is 7.34. The van der Waals surface area contributed by atoms with E-state index in [1.807, 2.05) is 45.0 Å². The van der Waals surface area contributed by atoms with Crippen molar-refractivity contribution in [3.05, 3.63) is 45.0 Å². The van der Waals surface area contributed by atoms with E-state index in [0.29, 0.717) is 13.1 Å². The molecule has 0 bridgehead atoms. The molecule has 3 rings (SSSR count). The van der Waals surface area contributed by atoms with Crippen LogP contribution in [0.4, 0.5) is 4.79 Å². The van der Waals surface area contributed by atoms with E-state index in [0.717, 1.165) is 27.2 Å². The molecule has 2 aliphatic rings. The van der Waals surface area contributed by atoms with Crippen LogP contribution in [0.2, 0.25) is 0 Å². The quantitative estimate of drug-likeness (QED) is 0.711. The predicted molar refractivity (Wildman–Crippen MR) is 88.8 cm³/mol. The summed E-state index contributed by atoms with van der Waals surface area (Å²) in [5.74, 6) is 0. The van der Waals surface area contributed by atoms with Gasteiger partial charge in [0, 0.05) is 22.8 Å². The van der Waals surface area contributed by atoms with Crippen molar-refractivity contribution >= 4 is 27.6 Å². The first-order valence-electron chi connectivity index (χ1n) is 7.40. The lowest BCUT2D eigenvalue weighted by atomic mass is 10.1. The zero-order valence-corrected chi connectivity index (χ0v) is 14.6. The van der Waals surface area contributed by atoms with Gasteiger partial charge in [0.25, 0.3) is 0 Å². The summed E-state index contributed by atoms with van der Waals surface area (Å²) >= 11 is 3.61. The smallest absolute Gasteiger partial charge is 0.410 e.